The van der Waals surface area contributed by atoms with Gasteiger partial charge in [-0.25, -0.2) is 0 Å². The molecule has 0 heterocycles. The van der Waals surface area contributed by atoms with Crippen molar-refractivity contribution in [3.63, 3.8) is 0 Å². The zero-order chi connectivity index (χ0) is 17.0. The third kappa shape index (κ3) is 499. The first-order chi connectivity index (χ1) is 8.34. The largest absolute Gasteiger partial charge is 1.00 e. The molecule has 13 nitrogen and oxygen atoms in total. The van der Waals surface area contributed by atoms with E-state index in [0.29, 0.717) is 0 Å². The van der Waals surface area contributed by atoms with Gasteiger partial charge in [0.2, 0.25) is 0 Å². The van der Waals surface area contributed by atoms with Crippen LogP contribution in [-0.2, 0) is 0 Å². The minimum atomic E-state index is -2.92. The summed E-state index contributed by atoms with van der Waals surface area (Å²) in [7, 11) is -11.7. The minimum absolute atomic E-state index is 0. The Balaban J connectivity index is -0.00000000481. The summed E-state index contributed by atoms with van der Waals surface area (Å²) in [4.78, 5) is 0. The Bertz CT molecular complexity index is 125. The molecule has 114 valence electrons. The van der Waals surface area contributed by atoms with E-state index in [2.05, 4.69) is 6.58 Å². The van der Waals surface area contributed by atoms with Crippen LogP contribution in [-0.4, -0.2) is 34.4 Å². The van der Waals surface area contributed by atoms with Crippen molar-refractivity contribution in [1.82, 2.24) is 0 Å². The second kappa shape index (κ2) is 114. The van der Waals surface area contributed by atoms with Gasteiger partial charge in [0.05, 0.1) is 6.26 Å². The van der Waals surface area contributed by atoms with E-state index >= 15 is 0 Å². The number of hydrogen-bond donors (Lipinski definition) is 1. The fourth-order valence-electron chi connectivity index (χ4n) is 0. The van der Waals surface area contributed by atoms with Gasteiger partial charge in [-0.1, -0.05) is 6.58 Å². The van der Waals surface area contributed by atoms with Crippen molar-refractivity contribution in [3.8, 4) is 0 Å². The van der Waals surface area contributed by atoms with Crippen molar-refractivity contribution in [1.29, 1.82) is 0 Å². The average Bonchev–Trinajstić information content (AvgIpc) is 1.97. The van der Waals surface area contributed by atoms with Crippen molar-refractivity contribution in [2.45, 2.75) is 0 Å². The molecule has 0 aliphatic carbocycles. The van der Waals surface area contributed by atoms with Crippen molar-refractivity contribution in [2.24, 2.45) is 0 Å². The summed E-state index contributed by atoms with van der Waals surface area (Å²) in [6, 6.07) is 0. The van der Waals surface area contributed by atoms with Gasteiger partial charge in [0.1, 0.15) is 0 Å². The number of aliphatic hydroxyl groups is 1. The summed E-state index contributed by atoms with van der Waals surface area (Å²) in [5.74, 6) is 0. The smallest absolute Gasteiger partial charge is 0.907 e. The van der Waals surface area contributed by atoms with E-state index in [-0.39, 0.29) is 355 Å². The summed E-state index contributed by atoms with van der Waals surface area (Å²) < 4.78 is 0. The molecule has 0 amide bonds. The molecule has 0 fully saturated rings. The maximum absolute atomic E-state index is 8.42. The Kier molecular flexibility index (Phi) is 413. The monoisotopic (exact) mass is 556 g/mol. The van der Waals surface area contributed by atoms with Crippen LogP contribution in [0.5, 0.6) is 0 Å². The summed E-state index contributed by atoms with van der Waals surface area (Å²) in [5.41, 5.74) is 0. The number of rotatable bonds is 0. The molecule has 0 spiro atoms. The molecule has 0 aromatic heterocycles. The van der Waals surface area contributed by atoms with Gasteiger partial charge in [-0.05, 0) is 0 Å². The zero-order valence-electron chi connectivity index (χ0n) is 20.9. The van der Waals surface area contributed by atoms with Gasteiger partial charge in [-0.3, -0.25) is 29.3 Å². The Morgan fingerprint density at radius 1 is 0.355 bits per heavy atom. The van der Waals surface area contributed by atoms with Crippen LogP contribution in [0.3, 0.4) is 0 Å². The molecule has 0 unspecified atom stereocenters. The first kappa shape index (κ1) is 113. The first-order valence-corrected chi connectivity index (χ1v) is 3.49. The minimum Gasteiger partial charge on any atom is -0.907 e. The molecule has 0 aliphatic rings. The molecule has 31 heavy (non-hydrogen) atoms. The third-order valence-corrected chi connectivity index (χ3v) is 0. The van der Waals surface area contributed by atoms with E-state index in [1.54, 1.807) is 0 Å². The molecule has 0 saturated heterocycles. The van der Waals surface area contributed by atoms with Crippen LogP contribution in [0.2, 0.25) is 0 Å². The summed E-state index contributed by atoms with van der Waals surface area (Å²) in [6.07, 6.45) is 0.750. The topological polar surface area (TPSA) is 297 Å². The van der Waals surface area contributed by atoms with Gasteiger partial charge in [0, 0.05) is 0 Å². The second-order valence-corrected chi connectivity index (χ2v) is 1.34. The fraction of sp³-hybridized carbons (Fsp3) is 0. The van der Waals surface area contributed by atoms with Crippen LogP contribution in [0.25, 0.3) is 0 Å². The molecule has 0 saturated carbocycles. The first-order valence-electron chi connectivity index (χ1n) is 3.49. The Morgan fingerprint density at radius 3 is 0.355 bits per heavy atom. The molecule has 1 N–H and O–H groups in total. The van der Waals surface area contributed by atoms with Gasteiger partial charge >= 0.3 is 355 Å². The molecule has 29 heteroatoms. The van der Waals surface area contributed by atoms with Gasteiger partial charge in [0.15, 0.2) is 0 Å². The number of hydrogen-bond acceptors (Lipinski definition) is 13. The standard InChI is InChI=1S/C2H4O.4BO3.12Na/c1-2-3;4*2-1(3)4;;;;;;;;;;;;/h2-3H,1H2;;;;;;;;;;;;;;;;/q;4*-3;12*+1. The molecular weight excluding hydrogens is 551 g/mol. The van der Waals surface area contributed by atoms with E-state index < -0.39 is 29.3 Å². The second-order valence-electron chi connectivity index (χ2n) is 1.34. The Morgan fingerprint density at radius 2 is 0.355 bits per heavy atom. The molecule has 0 aromatic carbocycles. The SMILES string of the molecule is C=CO.[Na+].[Na+].[Na+].[Na+].[Na+].[Na+].[Na+].[Na+].[Na+].[Na+].[Na+].[Na+].[O-]B([O-])[O-].[O-]B([O-])[O-].[O-]B([O-])[O-].[O-]B([O-])[O-]. The predicted octanol–water partition coefficient (Wildman–Crippen LogP) is -51.1. The normalized spacial score (nSPS) is 3.87. The predicted molar refractivity (Wildman–Crippen MR) is 35.8 cm³/mol. The fourth-order valence-corrected chi connectivity index (χ4v) is 0. The van der Waals surface area contributed by atoms with E-state index in [1.807, 2.05) is 0 Å². The third-order valence-electron chi connectivity index (χ3n) is 0. The zero-order valence-corrected chi connectivity index (χ0v) is 44.9. The van der Waals surface area contributed by atoms with Crippen molar-refractivity contribution >= 4 is 29.3 Å². The summed E-state index contributed by atoms with van der Waals surface area (Å²) in [5, 5.41) is 108. The number of aliphatic hydroxyl groups excluding tert-OH is 1. The van der Waals surface area contributed by atoms with Crippen LogP contribution in [0, 0.1) is 0 Å². The van der Waals surface area contributed by atoms with Crippen LogP contribution in [0.15, 0.2) is 12.8 Å². The average molecular weight is 555 g/mol. The summed E-state index contributed by atoms with van der Waals surface area (Å²) >= 11 is 0. The van der Waals surface area contributed by atoms with Crippen molar-refractivity contribution < 1.29 is 420 Å². The molecule has 0 rings (SSSR count). The Labute approximate surface area is 449 Å². The van der Waals surface area contributed by atoms with Gasteiger partial charge < -0.3 is 65.4 Å². The van der Waals surface area contributed by atoms with Gasteiger partial charge in [-0.15, -0.1) is 0 Å². The summed E-state index contributed by atoms with van der Waals surface area (Å²) in [6.45, 7) is 2.92. The van der Waals surface area contributed by atoms with Crippen molar-refractivity contribution in [3.05, 3.63) is 12.8 Å². The van der Waals surface area contributed by atoms with E-state index in [4.69, 9.17) is 65.4 Å². The quantitative estimate of drug-likeness (QED) is 0.215. The van der Waals surface area contributed by atoms with E-state index in [0.717, 1.165) is 6.26 Å². The van der Waals surface area contributed by atoms with Crippen LogP contribution >= 0.6 is 0 Å². The molecule has 0 atom stereocenters. The molecule has 0 radical (unpaired) electrons. The molecule has 0 bridgehead atoms. The maximum Gasteiger partial charge on any atom is 1.00 e. The molecule has 0 aromatic rings. The van der Waals surface area contributed by atoms with Crippen LogP contribution < -0.4 is 415 Å². The molecular formula is C2H4B4Na12O13. The van der Waals surface area contributed by atoms with Crippen LogP contribution in [0.1, 0.15) is 0 Å². The molecule has 0 aliphatic heterocycles. The van der Waals surface area contributed by atoms with Crippen molar-refractivity contribution in [2.75, 3.05) is 0 Å². The van der Waals surface area contributed by atoms with E-state index in [9.17, 15) is 0 Å². The van der Waals surface area contributed by atoms with Gasteiger partial charge in [0.25, 0.3) is 0 Å². The van der Waals surface area contributed by atoms with Crippen LogP contribution in [0.4, 0.5) is 0 Å². The van der Waals surface area contributed by atoms with Gasteiger partial charge in [-0.2, -0.15) is 0 Å². The van der Waals surface area contributed by atoms with E-state index in [1.165, 1.54) is 0 Å². The Hall–Kier alpha value is 11.3. The maximum atomic E-state index is 8.42.